The first kappa shape index (κ1) is 21.4. The number of para-hydroxylation sites is 1. The molecule has 0 unspecified atom stereocenters. The predicted octanol–water partition coefficient (Wildman–Crippen LogP) is 2.87. The molecule has 34 heavy (non-hydrogen) atoms. The molecule has 1 saturated heterocycles. The van der Waals surface area contributed by atoms with Crippen LogP contribution in [0.25, 0.3) is 0 Å². The van der Waals surface area contributed by atoms with Crippen LogP contribution in [0.15, 0.2) is 60.7 Å². The third-order valence-electron chi connectivity index (χ3n) is 6.74. The van der Waals surface area contributed by atoms with Crippen molar-refractivity contribution in [2.45, 2.75) is 13.0 Å². The Bertz CT molecular complexity index is 1260. The maximum Gasteiger partial charge on any atom is 0.274 e. The molecule has 0 N–H and O–H groups in total. The second-order valence-corrected chi connectivity index (χ2v) is 8.54. The van der Waals surface area contributed by atoms with E-state index >= 15 is 0 Å². The molecule has 2 aliphatic carbocycles. The van der Waals surface area contributed by atoms with Crippen LogP contribution in [-0.2, 0) is 16.1 Å². The number of fused-ring (bicyclic) bond motifs is 5. The standard InChI is InChI=1S/C23H18N4O7/c28-21(15-5-3-6-17(11-15)26(31)32)24(12-16-4-1-2-7-18(16)27(33)34)25-22(29)19-13-8-9-14(10-13)20(19)23(25)30/h1-9,11,13-14,19-20H,10,12H2/t13-,14-,19-,20+/m0/s1. The number of carbonyl (C=O) groups is 3. The summed E-state index contributed by atoms with van der Waals surface area (Å²) in [5.74, 6) is -3.30. The Hall–Kier alpha value is -4.41. The van der Waals surface area contributed by atoms with Crippen molar-refractivity contribution in [3.8, 4) is 0 Å². The third kappa shape index (κ3) is 3.24. The fourth-order valence-electron chi connectivity index (χ4n) is 5.24. The zero-order valence-electron chi connectivity index (χ0n) is 17.6. The Labute approximate surface area is 192 Å². The number of nitro groups is 2. The molecule has 2 aromatic rings. The topological polar surface area (TPSA) is 144 Å². The first-order valence-electron chi connectivity index (χ1n) is 10.6. The molecular formula is C23H18N4O7. The molecule has 1 saturated carbocycles. The summed E-state index contributed by atoms with van der Waals surface area (Å²) < 4.78 is 0. The SMILES string of the molecule is O=C(c1cccc([N+](=O)[O-])c1)N(Cc1ccccc1[N+](=O)[O-])N1C(=O)[C@@H]2[C@H](C1=O)[C@H]1C=C[C@H]2C1. The van der Waals surface area contributed by atoms with Crippen molar-refractivity contribution in [2.24, 2.45) is 23.7 Å². The van der Waals surface area contributed by atoms with Gasteiger partial charge in [0.1, 0.15) is 0 Å². The Kier molecular flexibility index (Phi) is 4.96. The molecule has 1 aliphatic heterocycles. The van der Waals surface area contributed by atoms with Crippen LogP contribution in [0.1, 0.15) is 22.3 Å². The van der Waals surface area contributed by atoms with Gasteiger partial charge in [0.15, 0.2) is 0 Å². The van der Waals surface area contributed by atoms with E-state index in [-0.39, 0.29) is 34.3 Å². The van der Waals surface area contributed by atoms with E-state index in [1.807, 2.05) is 12.2 Å². The van der Waals surface area contributed by atoms with Crippen LogP contribution in [0.2, 0.25) is 0 Å². The summed E-state index contributed by atoms with van der Waals surface area (Å²) in [6.45, 7) is -0.432. The lowest BCUT2D eigenvalue weighted by atomic mass is 9.85. The Morgan fingerprint density at radius 1 is 0.941 bits per heavy atom. The van der Waals surface area contributed by atoms with Gasteiger partial charge in [-0.25, -0.2) is 5.01 Å². The minimum Gasteiger partial charge on any atom is -0.272 e. The summed E-state index contributed by atoms with van der Waals surface area (Å²) in [4.78, 5) is 61.8. The zero-order valence-corrected chi connectivity index (χ0v) is 17.6. The van der Waals surface area contributed by atoms with Crippen LogP contribution in [0, 0.1) is 43.9 Å². The minimum atomic E-state index is -0.844. The molecule has 5 rings (SSSR count). The van der Waals surface area contributed by atoms with Gasteiger partial charge in [0.05, 0.1) is 33.8 Å². The fraction of sp³-hybridized carbons (Fsp3) is 0.261. The number of hydrogen-bond donors (Lipinski definition) is 0. The first-order valence-corrected chi connectivity index (χ1v) is 10.6. The molecular weight excluding hydrogens is 444 g/mol. The number of rotatable bonds is 6. The van der Waals surface area contributed by atoms with Gasteiger partial charge >= 0.3 is 0 Å². The van der Waals surface area contributed by atoms with Gasteiger partial charge in [-0.05, 0) is 24.3 Å². The monoisotopic (exact) mass is 462 g/mol. The van der Waals surface area contributed by atoms with E-state index in [0.29, 0.717) is 6.42 Å². The number of nitrogens with zero attached hydrogens (tertiary/aromatic N) is 4. The average Bonchev–Trinajstić information content (AvgIpc) is 3.51. The van der Waals surface area contributed by atoms with Gasteiger partial charge in [-0.3, -0.25) is 34.6 Å². The second kappa shape index (κ2) is 7.87. The van der Waals surface area contributed by atoms with Crippen molar-refractivity contribution in [1.29, 1.82) is 0 Å². The van der Waals surface area contributed by atoms with E-state index in [1.54, 1.807) is 6.07 Å². The molecule has 0 aromatic heterocycles. The van der Waals surface area contributed by atoms with Gasteiger partial charge in [-0.2, -0.15) is 5.01 Å². The number of hydrazine groups is 1. The van der Waals surface area contributed by atoms with Crippen LogP contribution in [-0.4, -0.2) is 37.6 Å². The summed E-state index contributed by atoms with van der Waals surface area (Å²) in [6.07, 6.45) is 4.52. The highest BCUT2D eigenvalue weighted by atomic mass is 16.6. The summed E-state index contributed by atoms with van der Waals surface area (Å²) in [5, 5.41) is 24.4. The Morgan fingerprint density at radius 2 is 1.59 bits per heavy atom. The van der Waals surface area contributed by atoms with Gasteiger partial charge in [0.25, 0.3) is 29.1 Å². The van der Waals surface area contributed by atoms with Crippen LogP contribution in [0.5, 0.6) is 0 Å². The maximum absolute atomic E-state index is 13.6. The molecule has 3 amide bonds. The number of carbonyl (C=O) groups excluding carboxylic acids is 3. The Morgan fingerprint density at radius 3 is 2.21 bits per heavy atom. The molecule has 11 heteroatoms. The second-order valence-electron chi connectivity index (χ2n) is 8.54. The summed E-state index contributed by atoms with van der Waals surface area (Å²) in [6, 6.07) is 10.6. The molecule has 0 spiro atoms. The average molecular weight is 462 g/mol. The Balaban J connectivity index is 1.57. The molecule has 0 radical (unpaired) electrons. The van der Waals surface area contributed by atoms with Crippen molar-refractivity contribution in [1.82, 2.24) is 10.0 Å². The van der Waals surface area contributed by atoms with E-state index in [0.717, 1.165) is 16.1 Å². The van der Waals surface area contributed by atoms with Crippen LogP contribution < -0.4 is 0 Å². The van der Waals surface area contributed by atoms with E-state index in [2.05, 4.69) is 0 Å². The molecule has 3 aliphatic rings. The molecule has 2 fully saturated rings. The highest BCUT2D eigenvalue weighted by molar-refractivity contribution is 6.08. The zero-order chi connectivity index (χ0) is 24.1. The number of hydrogen-bond acceptors (Lipinski definition) is 7. The molecule has 11 nitrogen and oxygen atoms in total. The van der Waals surface area contributed by atoms with E-state index < -0.39 is 45.9 Å². The van der Waals surface area contributed by atoms with Crippen LogP contribution >= 0.6 is 0 Å². The van der Waals surface area contributed by atoms with E-state index in [9.17, 15) is 34.6 Å². The first-order chi connectivity index (χ1) is 16.3. The van der Waals surface area contributed by atoms with Crippen molar-refractivity contribution < 1.29 is 24.2 Å². The van der Waals surface area contributed by atoms with E-state index in [1.165, 1.54) is 36.4 Å². The smallest absolute Gasteiger partial charge is 0.272 e. The number of imide groups is 1. The molecule has 1 heterocycles. The lowest BCUT2D eigenvalue weighted by Crippen LogP contribution is -2.50. The molecule has 2 aromatic carbocycles. The highest BCUT2D eigenvalue weighted by Gasteiger charge is 2.61. The van der Waals surface area contributed by atoms with Crippen molar-refractivity contribution in [3.05, 3.63) is 92.0 Å². The number of benzene rings is 2. The van der Waals surface area contributed by atoms with Gasteiger partial charge in [0.2, 0.25) is 0 Å². The van der Waals surface area contributed by atoms with E-state index in [4.69, 9.17) is 0 Å². The fourth-order valence-corrected chi connectivity index (χ4v) is 5.24. The summed E-state index contributed by atoms with van der Waals surface area (Å²) >= 11 is 0. The van der Waals surface area contributed by atoms with Gasteiger partial charge in [-0.1, -0.05) is 36.4 Å². The minimum absolute atomic E-state index is 0.0997. The number of non-ortho nitro benzene ring substituents is 1. The molecule has 172 valence electrons. The normalized spacial score (nSPS) is 24.4. The molecule has 2 bridgehead atoms. The third-order valence-corrected chi connectivity index (χ3v) is 6.74. The quantitative estimate of drug-likeness (QED) is 0.278. The number of nitro benzene ring substituents is 2. The van der Waals surface area contributed by atoms with Gasteiger partial charge in [-0.15, -0.1) is 0 Å². The highest BCUT2D eigenvalue weighted by Crippen LogP contribution is 2.53. The van der Waals surface area contributed by atoms with Crippen molar-refractivity contribution in [3.63, 3.8) is 0 Å². The van der Waals surface area contributed by atoms with Crippen LogP contribution in [0.3, 0.4) is 0 Å². The summed E-state index contributed by atoms with van der Waals surface area (Å²) in [5.41, 5.74) is -0.619. The van der Waals surface area contributed by atoms with Crippen molar-refractivity contribution >= 4 is 29.1 Å². The van der Waals surface area contributed by atoms with Crippen molar-refractivity contribution in [2.75, 3.05) is 0 Å². The summed E-state index contributed by atoms with van der Waals surface area (Å²) in [7, 11) is 0. The lowest BCUT2D eigenvalue weighted by Gasteiger charge is -2.31. The number of allylic oxidation sites excluding steroid dienone is 2. The molecule has 4 atom stereocenters. The van der Waals surface area contributed by atoms with Crippen LogP contribution in [0.4, 0.5) is 11.4 Å². The predicted molar refractivity (Wildman–Crippen MR) is 116 cm³/mol. The maximum atomic E-state index is 13.6. The number of amides is 3. The van der Waals surface area contributed by atoms with Gasteiger partial charge in [0, 0.05) is 23.8 Å². The largest absolute Gasteiger partial charge is 0.274 e. The van der Waals surface area contributed by atoms with Gasteiger partial charge < -0.3 is 0 Å². The lowest BCUT2D eigenvalue weighted by molar-refractivity contribution is -0.385.